The van der Waals surface area contributed by atoms with Crippen molar-refractivity contribution < 1.29 is 40.8 Å². The summed E-state index contributed by atoms with van der Waals surface area (Å²) >= 11 is 0. The maximum atomic E-state index is 13.4. The Balaban J connectivity index is 0.000000201. The van der Waals surface area contributed by atoms with Crippen molar-refractivity contribution in [2.45, 2.75) is 13.1 Å². The molecule has 2 N–H and O–H groups in total. The average Bonchev–Trinajstić information content (AvgIpc) is 3.37. The Bertz CT molecular complexity index is 2700. The maximum Gasteiger partial charge on any atom is 0.339 e. The van der Waals surface area contributed by atoms with E-state index < -0.39 is 25.6 Å². The molecule has 0 aliphatic carbocycles. The number of ether oxygens (including phenoxy) is 1. The fourth-order valence-corrected chi connectivity index (χ4v) is 9.71. The van der Waals surface area contributed by atoms with Gasteiger partial charge in [0.15, 0.2) is 25.5 Å². The molecule has 4 amide bonds. The highest BCUT2D eigenvalue weighted by Crippen LogP contribution is 2.27. The van der Waals surface area contributed by atoms with Crippen molar-refractivity contribution in [3.05, 3.63) is 157 Å². The van der Waals surface area contributed by atoms with Gasteiger partial charge in [-0.3, -0.25) is 34.5 Å². The molecule has 68 heavy (non-hydrogen) atoms. The first-order valence-electron chi connectivity index (χ1n) is 21.5. The van der Waals surface area contributed by atoms with Gasteiger partial charge in [0.1, 0.15) is 0 Å². The Kier molecular flexibility index (Phi) is 15.6. The van der Waals surface area contributed by atoms with E-state index in [9.17, 15) is 36.0 Å². The van der Waals surface area contributed by atoms with Crippen LogP contribution in [0, 0.1) is 0 Å². The number of urea groups is 2. The van der Waals surface area contributed by atoms with E-state index in [1.807, 2.05) is 72.8 Å². The second-order valence-electron chi connectivity index (χ2n) is 15.8. The zero-order chi connectivity index (χ0) is 48.3. The minimum Gasteiger partial charge on any atom is -0.465 e. The summed E-state index contributed by atoms with van der Waals surface area (Å²) in [7, 11) is -4.95. The standard InChI is InChI=1S/C24H25N5O4S.C24H24N4O5S/c25-14-23(30)20-3-6-21(27-16-20)17-29(24(31)28-10-12-34(32,33)13-11-28)22-7-4-18(5-8-22)19-2-1-9-26-15-19;1-33-23(29)20-4-7-21(26-16-20)17-28(24(30)27-11-13-34(31,32)14-12-27)22-8-5-18(6-9-22)19-3-2-10-25-15-19/h1-9,15-16H,10-14,17,25H2;2-10,15-16H,11-14,17H2,1H3. The molecule has 18 nitrogen and oxygen atoms in total. The minimum atomic E-state index is -3.12. The number of carbonyl (C=O) groups excluding carboxylic acids is 4. The van der Waals surface area contributed by atoms with Gasteiger partial charge < -0.3 is 20.3 Å². The Morgan fingerprint density at radius 1 is 0.559 bits per heavy atom. The molecule has 20 heteroatoms. The average molecular weight is 960 g/mol. The molecule has 0 saturated carbocycles. The Morgan fingerprint density at radius 2 is 0.971 bits per heavy atom. The summed E-state index contributed by atoms with van der Waals surface area (Å²) in [6, 6.07) is 28.6. The number of sulfone groups is 2. The van der Waals surface area contributed by atoms with Gasteiger partial charge in [0.2, 0.25) is 0 Å². The number of esters is 1. The van der Waals surface area contributed by atoms with Crippen molar-refractivity contribution in [2.24, 2.45) is 5.73 Å². The number of hydrogen-bond donors (Lipinski definition) is 1. The van der Waals surface area contributed by atoms with Crippen LogP contribution < -0.4 is 15.5 Å². The molecule has 6 heterocycles. The van der Waals surface area contributed by atoms with Crippen LogP contribution in [0.5, 0.6) is 0 Å². The molecule has 4 aromatic heterocycles. The van der Waals surface area contributed by atoms with Crippen LogP contribution in [0.3, 0.4) is 0 Å². The zero-order valence-corrected chi connectivity index (χ0v) is 38.8. The highest BCUT2D eigenvalue weighted by atomic mass is 32.2. The van der Waals surface area contributed by atoms with Crippen LogP contribution in [0.15, 0.2) is 134 Å². The number of amides is 4. The lowest BCUT2D eigenvalue weighted by Crippen LogP contribution is -2.49. The molecular weight excluding hydrogens is 911 g/mol. The minimum absolute atomic E-state index is 0.0549. The summed E-state index contributed by atoms with van der Waals surface area (Å²) in [5.41, 5.74) is 12.4. The summed E-state index contributed by atoms with van der Waals surface area (Å²) in [5, 5.41) is 0. The number of aromatic nitrogens is 4. The van der Waals surface area contributed by atoms with Crippen molar-refractivity contribution in [1.82, 2.24) is 29.7 Å². The van der Waals surface area contributed by atoms with Crippen LogP contribution in [0.4, 0.5) is 21.0 Å². The number of rotatable bonds is 11. The molecule has 0 bridgehead atoms. The summed E-state index contributed by atoms with van der Waals surface area (Å²) in [4.78, 5) is 73.5. The van der Waals surface area contributed by atoms with Gasteiger partial charge in [0.25, 0.3) is 0 Å². The molecule has 0 unspecified atom stereocenters. The predicted molar refractivity (Wildman–Crippen MR) is 256 cm³/mol. The van der Waals surface area contributed by atoms with Crippen LogP contribution in [0.25, 0.3) is 22.3 Å². The quantitative estimate of drug-likeness (QED) is 0.134. The van der Waals surface area contributed by atoms with Crippen LogP contribution in [0.1, 0.15) is 32.1 Å². The first-order chi connectivity index (χ1) is 32.7. The van der Waals surface area contributed by atoms with Crippen molar-refractivity contribution in [1.29, 1.82) is 0 Å². The second-order valence-corrected chi connectivity index (χ2v) is 20.4. The Labute approximate surface area is 394 Å². The number of nitrogens with zero attached hydrogens (tertiary/aromatic N) is 8. The van der Waals surface area contributed by atoms with Crippen molar-refractivity contribution in [3.63, 3.8) is 0 Å². The lowest BCUT2D eigenvalue weighted by molar-refractivity contribution is 0.0600. The Hall–Kier alpha value is -7.42. The first-order valence-corrected chi connectivity index (χ1v) is 25.1. The van der Waals surface area contributed by atoms with E-state index in [0.29, 0.717) is 33.9 Å². The number of pyridine rings is 4. The third kappa shape index (κ3) is 12.5. The number of ketones is 1. The molecule has 8 rings (SSSR count). The van der Waals surface area contributed by atoms with E-state index in [2.05, 4.69) is 19.9 Å². The van der Waals surface area contributed by atoms with E-state index in [-0.39, 0.29) is 86.7 Å². The lowest BCUT2D eigenvalue weighted by atomic mass is 10.1. The van der Waals surface area contributed by atoms with Crippen LogP contribution >= 0.6 is 0 Å². The van der Waals surface area contributed by atoms with Gasteiger partial charge in [-0.05, 0) is 82.9 Å². The summed E-state index contributed by atoms with van der Waals surface area (Å²) < 4.78 is 52.0. The van der Waals surface area contributed by atoms with E-state index in [4.69, 9.17) is 10.5 Å². The molecule has 6 aromatic rings. The highest BCUT2D eigenvalue weighted by molar-refractivity contribution is 7.91. The van der Waals surface area contributed by atoms with Gasteiger partial charge in [-0.2, -0.15) is 0 Å². The van der Waals surface area contributed by atoms with Crippen molar-refractivity contribution in [2.75, 3.05) is 72.6 Å². The molecule has 0 radical (unpaired) electrons. The molecular formula is C48H49N9O9S2. The lowest BCUT2D eigenvalue weighted by Gasteiger charge is -2.33. The van der Waals surface area contributed by atoms with E-state index in [0.717, 1.165) is 22.3 Å². The number of benzene rings is 2. The molecule has 352 valence electrons. The number of methoxy groups -OCH3 is 1. The molecule has 2 aromatic carbocycles. The number of carbonyl (C=O) groups is 4. The maximum absolute atomic E-state index is 13.4. The zero-order valence-electron chi connectivity index (χ0n) is 37.1. The van der Waals surface area contributed by atoms with E-state index >= 15 is 0 Å². The van der Waals surface area contributed by atoms with Gasteiger partial charge >= 0.3 is 18.0 Å². The summed E-state index contributed by atoms with van der Waals surface area (Å²) in [5.74, 6) is -0.932. The van der Waals surface area contributed by atoms with Gasteiger partial charge in [0.05, 0.1) is 66.7 Å². The monoisotopic (exact) mass is 959 g/mol. The second kappa shape index (κ2) is 21.9. The van der Waals surface area contributed by atoms with E-state index in [1.54, 1.807) is 68.7 Å². The number of Topliss-reactive ketones (excluding diaryl/α,β-unsaturated/α-hetero) is 1. The van der Waals surface area contributed by atoms with Gasteiger partial charge in [-0.25, -0.2) is 31.2 Å². The third-order valence-electron chi connectivity index (χ3n) is 11.3. The van der Waals surface area contributed by atoms with Crippen molar-refractivity contribution >= 4 is 54.9 Å². The molecule has 0 spiro atoms. The smallest absolute Gasteiger partial charge is 0.339 e. The fraction of sp³-hybridized carbons (Fsp3) is 0.250. The molecule has 2 fully saturated rings. The fourth-order valence-electron chi connectivity index (χ4n) is 7.30. The Morgan fingerprint density at radius 3 is 1.31 bits per heavy atom. The molecule has 0 atom stereocenters. The predicted octanol–water partition coefficient (Wildman–Crippen LogP) is 4.93. The largest absolute Gasteiger partial charge is 0.465 e. The number of anilines is 2. The molecule has 2 aliphatic heterocycles. The van der Waals surface area contributed by atoms with Crippen LogP contribution in [0.2, 0.25) is 0 Å². The topological polar surface area (TPSA) is 236 Å². The summed E-state index contributed by atoms with van der Waals surface area (Å²) in [6.45, 7) is 0.764. The highest BCUT2D eigenvalue weighted by Gasteiger charge is 2.31. The van der Waals surface area contributed by atoms with Gasteiger partial charge in [0, 0.05) is 80.3 Å². The first kappa shape index (κ1) is 48.5. The molecule has 2 aliphatic rings. The SMILES string of the molecule is COC(=O)c1ccc(CN(C(=O)N2CCS(=O)(=O)CC2)c2ccc(-c3cccnc3)cc2)nc1.NCC(=O)c1ccc(CN(C(=O)N2CCS(=O)(=O)CC2)c2ccc(-c3cccnc3)cc2)nc1. The number of hydrogen-bond acceptors (Lipinski definition) is 14. The number of nitrogens with two attached hydrogens (primary N) is 1. The van der Waals surface area contributed by atoms with Gasteiger partial charge in [-0.1, -0.05) is 36.4 Å². The van der Waals surface area contributed by atoms with E-state index in [1.165, 1.54) is 19.5 Å². The van der Waals surface area contributed by atoms with Crippen molar-refractivity contribution in [3.8, 4) is 22.3 Å². The summed E-state index contributed by atoms with van der Waals surface area (Å²) in [6.07, 6.45) is 9.79. The third-order valence-corrected chi connectivity index (χ3v) is 14.5. The van der Waals surface area contributed by atoms with Gasteiger partial charge in [-0.15, -0.1) is 0 Å². The normalized spacial score (nSPS) is 15.0. The van der Waals surface area contributed by atoms with Crippen LogP contribution in [-0.4, -0.2) is 133 Å². The molecule has 2 saturated heterocycles. The van der Waals surface area contributed by atoms with Crippen LogP contribution in [-0.2, 0) is 37.5 Å².